The third kappa shape index (κ3) is 3.75. The summed E-state index contributed by atoms with van der Waals surface area (Å²) in [5.74, 6) is -0.294. The Kier molecular flexibility index (Phi) is 4.97. The van der Waals surface area contributed by atoms with Crippen molar-refractivity contribution in [2.75, 3.05) is 46.2 Å². The van der Waals surface area contributed by atoms with Gasteiger partial charge in [0, 0.05) is 20.1 Å². The molecule has 0 atom stereocenters. The number of carbonyl (C=O) groups excluding carboxylic acids is 1. The lowest BCUT2D eigenvalue weighted by Gasteiger charge is -2.23. The number of hydrogen-bond donors (Lipinski definition) is 0. The third-order valence-electron chi connectivity index (χ3n) is 2.60. The second-order valence-corrected chi connectivity index (χ2v) is 4.23. The molecule has 4 heteroatoms. The largest absolute Gasteiger partial charge is 0.465 e. The van der Waals surface area contributed by atoms with Crippen LogP contribution >= 0.6 is 0 Å². The SMILES string of the molecule is COC(=O)c1ccccc1N(C)CCN(C)C. The molecule has 0 bridgehead atoms. The van der Waals surface area contributed by atoms with Gasteiger partial charge < -0.3 is 14.5 Å². The fraction of sp³-hybridized carbons (Fsp3) is 0.462. The van der Waals surface area contributed by atoms with Gasteiger partial charge in [0.2, 0.25) is 0 Å². The van der Waals surface area contributed by atoms with Crippen LogP contribution in [0.15, 0.2) is 24.3 Å². The molecule has 1 rings (SSSR count). The highest BCUT2D eigenvalue weighted by Crippen LogP contribution is 2.19. The molecule has 0 spiro atoms. The van der Waals surface area contributed by atoms with Crippen molar-refractivity contribution in [2.45, 2.75) is 0 Å². The summed E-state index contributed by atoms with van der Waals surface area (Å²) in [5, 5.41) is 0. The van der Waals surface area contributed by atoms with Crippen LogP contribution in [0, 0.1) is 0 Å². The van der Waals surface area contributed by atoms with Crippen molar-refractivity contribution in [3.05, 3.63) is 29.8 Å². The van der Waals surface area contributed by atoms with Gasteiger partial charge in [-0.2, -0.15) is 0 Å². The monoisotopic (exact) mass is 236 g/mol. The number of ether oxygens (including phenoxy) is 1. The molecular weight excluding hydrogens is 216 g/mol. The van der Waals surface area contributed by atoms with E-state index in [0.29, 0.717) is 5.56 Å². The van der Waals surface area contributed by atoms with Gasteiger partial charge in [0.25, 0.3) is 0 Å². The predicted molar refractivity (Wildman–Crippen MR) is 69.6 cm³/mol. The lowest BCUT2D eigenvalue weighted by molar-refractivity contribution is 0.0601. The molecule has 0 saturated carbocycles. The standard InChI is InChI=1S/C13H20N2O2/c1-14(2)9-10-15(3)12-8-6-5-7-11(12)13(16)17-4/h5-8H,9-10H2,1-4H3. The van der Waals surface area contributed by atoms with Gasteiger partial charge in [-0.1, -0.05) is 12.1 Å². The van der Waals surface area contributed by atoms with Gasteiger partial charge in [-0.25, -0.2) is 4.79 Å². The van der Waals surface area contributed by atoms with Crippen LogP contribution in [0.25, 0.3) is 0 Å². The minimum atomic E-state index is -0.294. The van der Waals surface area contributed by atoms with Crippen LogP contribution in [0.2, 0.25) is 0 Å². The summed E-state index contributed by atoms with van der Waals surface area (Å²) in [7, 11) is 7.43. The Labute approximate surface area is 103 Å². The van der Waals surface area contributed by atoms with Crippen molar-refractivity contribution in [3.8, 4) is 0 Å². The highest BCUT2D eigenvalue weighted by atomic mass is 16.5. The first-order chi connectivity index (χ1) is 8.06. The molecule has 0 aliphatic carbocycles. The summed E-state index contributed by atoms with van der Waals surface area (Å²) in [6.45, 7) is 1.80. The molecule has 94 valence electrons. The maximum absolute atomic E-state index is 11.6. The lowest BCUT2D eigenvalue weighted by Crippen LogP contribution is -2.29. The summed E-state index contributed by atoms with van der Waals surface area (Å²) in [6.07, 6.45) is 0. The zero-order valence-corrected chi connectivity index (χ0v) is 10.9. The van der Waals surface area contributed by atoms with Gasteiger partial charge in [0.05, 0.1) is 18.4 Å². The minimum Gasteiger partial charge on any atom is -0.465 e. The second-order valence-electron chi connectivity index (χ2n) is 4.23. The van der Waals surface area contributed by atoms with Crippen LogP contribution in [0.4, 0.5) is 5.69 Å². The molecule has 17 heavy (non-hydrogen) atoms. The van der Waals surface area contributed by atoms with Crippen molar-refractivity contribution in [3.63, 3.8) is 0 Å². The number of rotatable bonds is 5. The normalized spacial score (nSPS) is 10.4. The van der Waals surface area contributed by atoms with Crippen molar-refractivity contribution in [1.29, 1.82) is 0 Å². The van der Waals surface area contributed by atoms with Crippen LogP contribution in [0.1, 0.15) is 10.4 Å². The first kappa shape index (κ1) is 13.5. The first-order valence-electron chi connectivity index (χ1n) is 5.59. The predicted octanol–water partition coefficient (Wildman–Crippen LogP) is 1.47. The van der Waals surface area contributed by atoms with E-state index in [0.717, 1.165) is 18.8 Å². The van der Waals surface area contributed by atoms with Crippen molar-refractivity contribution in [1.82, 2.24) is 4.90 Å². The van der Waals surface area contributed by atoms with Crippen LogP contribution < -0.4 is 4.90 Å². The molecule has 0 heterocycles. The van der Waals surface area contributed by atoms with Gasteiger partial charge in [0.15, 0.2) is 0 Å². The smallest absolute Gasteiger partial charge is 0.339 e. The Hall–Kier alpha value is -1.55. The average Bonchev–Trinajstić information content (AvgIpc) is 2.34. The molecule has 4 nitrogen and oxygen atoms in total. The molecule has 0 saturated heterocycles. The summed E-state index contributed by atoms with van der Waals surface area (Å²) < 4.78 is 4.78. The number of hydrogen-bond acceptors (Lipinski definition) is 4. The molecule has 0 unspecified atom stereocenters. The average molecular weight is 236 g/mol. The highest BCUT2D eigenvalue weighted by molar-refractivity contribution is 5.95. The van der Waals surface area contributed by atoms with Gasteiger partial charge in [0.1, 0.15) is 0 Å². The van der Waals surface area contributed by atoms with E-state index in [4.69, 9.17) is 4.74 Å². The molecule has 0 aliphatic heterocycles. The number of carbonyl (C=O) groups is 1. The molecule has 0 aromatic heterocycles. The molecule has 0 radical (unpaired) electrons. The van der Waals surface area contributed by atoms with Crippen LogP contribution in [0.3, 0.4) is 0 Å². The number of esters is 1. The first-order valence-corrected chi connectivity index (χ1v) is 5.59. The Morgan fingerprint density at radius 2 is 1.82 bits per heavy atom. The Bertz CT molecular complexity index is 377. The van der Waals surface area contributed by atoms with E-state index in [1.54, 1.807) is 6.07 Å². The van der Waals surface area contributed by atoms with Crippen molar-refractivity contribution >= 4 is 11.7 Å². The van der Waals surface area contributed by atoms with Gasteiger partial charge in [-0.15, -0.1) is 0 Å². The number of para-hydroxylation sites is 1. The molecule has 0 aliphatic rings. The highest BCUT2D eigenvalue weighted by Gasteiger charge is 2.13. The fourth-order valence-electron chi connectivity index (χ4n) is 1.56. The third-order valence-corrected chi connectivity index (χ3v) is 2.60. The van der Waals surface area contributed by atoms with E-state index in [1.807, 2.05) is 39.3 Å². The number of likely N-dealkylation sites (N-methyl/N-ethyl adjacent to an activating group) is 2. The molecular formula is C13H20N2O2. The summed E-state index contributed by atoms with van der Waals surface area (Å²) >= 11 is 0. The number of benzene rings is 1. The Balaban J connectivity index is 2.85. The maximum atomic E-state index is 11.6. The van der Waals surface area contributed by atoms with E-state index < -0.39 is 0 Å². The van der Waals surface area contributed by atoms with Crippen molar-refractivity contribution in [2.24, 2.45) is 0 Å². The van der Waals surface area contributed by atoms with Gasteiger partial charge >= 0.3 is 5.97 Å². The van der Waals surface area contributed by atoms with E-state index in [9.17, 15) is 4.79 Å². The van der Waals surface area contributed by atoms with Crippen LogP contribution in [0.5, 0.6) is 0 Å². The molecule has 0 fully saturated rings. The number of nitrogens with zero attached hydrogens (tertiary/aromatic N) is 2. The van der Waals surface area contributed by atoms with Crippen LogP contribution in [-0.2, 0) is 4.74 Å². The van der Waals surface area contributed by atoms with E-state index in [-0.39, 0.29) is 5.97 Å². The number of anilines is 1. The minimum absolute atomic E-state index is 0.294. The van der Waals surface area contributed by atoms with E-state index in [1.165, 1.54) is 7.11 Å². The quantitative estimate of drug-likeness (QED) is 0.725. The van der Waals surface area contributed by atoms with Crippen LogP contribution in [-0.4, -0.2) is 52.2 Å². The second kappa shape index (κ2) is 6.25. The summed E-state index contributed by atoms with van der Waals surface area (Å²) in [4.78, 5) is 15.8. The zero-order valence-electron chi connectivity index (χ0n) is 10.9. The van der Waals surface area contributed by atoms with E-state index in [2.05, 4.69) is 9.80 Å². The Morgan fingerprint density at radius 1 is 1.18 bits per heavy atom. The lowest BCUT2D eigenvalue weighted by atomic mass is 10.1. The topological polar surface area (TPSA) is 32.8 Å². The Morgan fingerprint density at radius 3 is 2.41 bits per heavy atom. The number of methoxy groups -OCH3 is 1. The van der Waals surface area contributed by atoms with Gasteiger partial charge in [-0.3, -0.25) is 0 Å². The van der Waals surface area contributed by atoms with Crippen molar-refractivity contribution < 1.29 is 9.53 Å². The summed E-state index contributed by atoms with van der Waals surface area (Å²) in [6, 6.07) is 7.48. The van der Waals surface area contributed by atoms with Gasteiger partial charge in [-0.05, 0) is 26.2 Å². The van der Waals surface area contributed by atoms with E-state index >= 15 is 0 Å². The molecule has 0 amide bonds. The molecule has 1 aromatic rings. The summed E-state index contributed by atoms with van der Waals surface area (Å²) in [5.41, 5.74) is 1.51. The fourth-order valence-corrected chi connectivity index (χ4v) is 1.56. The molecule has 0 N–H and O–H groups in total. The maximum Gasteiger partial charge on any atom is 0.339 e. The zero-order chi connectivity index (χ0) is 12.8. The molecule has 1 aromatic carbocycles.